The first kappa shape index (κ1) is 16.1. The standard InChI is InChI=1S/C16H8F2N4O3/c17-12-3-8(1-2-9(12)5-19)11-7-21-22(15(11)23)14-13(18)4-10(6-20-14)16(24)25/h1-4,6-7,23H,(H,24,25). The van der Waals surface area contributed by atoms with Crippen LogP contribution in [-0.2, 0) is 0 Å². The quantitative estimate of drug-likeness (QED) is 0.756. The zero-order valence-electron chi connectivity index (χ0n) is 12.3. The van der Waals surface area contributed by atoms with E-state index in [1.807, 2.05) is 0 Å². The highest BCUT2D eigenvalue weighted by Crippen LogP contribution is 2.32. The van der Waals surface area contributed by atoms with Crippen LogP contribution in [0, 0.1) is 23.0 Å². The summed E-state index contributed by atoms with van der Waals surface area (Å²) in [5.74, 6) is -4.06. The summed E-state index contributed by atoms with van der Waals surface area (Å²) in [5.41, 5.74) is -0.204. The number of halogens is 2. The molecule has 0 unspecified atom stereocenters. The van der Waals surface area contributed by atoms with Gasteiger partial charge in [0.2, 0.25) is 5.88 Å². The number of hydrogen-bond acceptors (Lipinski definition) is 5. The van der Waals surface area contributed by atoms with Crippen molar-refractivity contribution in [3.8, 4) is 28.9 Å². The highest BCUT2D eigenvalue weighted by atomic mass is 19.1. The highest BCUT2D eigenvalue weighted by Gasteiger charge is 2.19. The minimum atomic E-state index is -1.35. The lowest BCUT2D eigenvalue weighted by Gasteiger charge is -2.05. The fraction of sp³-hybridized carbons (Fsp3) is 0. The lowest BCUT2D eigenvalue weighted by Crippen LogP contribution is -2.06. The lowest BCUT2D eigenvalue weighted by molar-refractivity contribution is 0.0696. The van der Waals surface area contributed by atoms with Gasteiger partial charge in [-0.3, -0.25) is 0 Å². The first-order chi connectivity index (χ1) is 11.9. The Morgan fingerprint density at radius 3 is 2.56 bits per heavy atom. The smallest absolute Gasteiger partial charge is 0.337 e. The predicted octanol–water partition coefficient (Wildman–Crippen LogP) is 2.49. The van der Waals surface area contributed by atoms with E-state index in [0.29, 0.717) is 0 Å². The summed E-state index contributed by atoms with van der Waals surface area (Å²) in [4.78, 5) is 14.5. The fourth-order valence-electron chi connectivity index (χ4n) is 2.18. The minimum absolute atomic E-state index is 0.0897. The molecule has 0 atom stereocenters. The van der Waals surface area contributed by atoms with Gasteiger partial charge in [-0.1, -0.05) is 6.07 Å². The van der Waals surface area contributed by atoms with Gasteiger partial charge in [-0.05, 0) is 23.8 Å². The average molecular weight is 342 g/mol. The number of pyridine rings is 1. The van der Waals surface area contributed by atoms with Crippen LogP contribution < -0.4 is 0 Å². The van der Waals surface area contributed by atoms with Crippen molar-refractivity contribution < 1.29 is 23.8 Å². The molecule has 124 valence electrons. The zero-order valence-corrected chi connectivity index (χ0v) is 12.3. The highest BCUT2D eigenvalue weighted by molar-refractivity contribution is 5.87. The van der Waals surface area contributed by atoms with E-state index in [1.54, 1.807) is 6.07 Å². The third kappa shape index (κ3) is 2.76. The molecule has 0 fully saturated rings. The Hall–Kier alpha value is -3.80. The van der Waals surface area contributed by atoms with Crippen molar-refractivity contribution in [2.75, 3.05) is 0 Å². The van der Waals surface area contributed by atoms with E-state index < -0.39 is 29.3 Å². The molecule has 2 heterocycles. The van der Waals surface area contributed by atoms with E-state index in [-0.39, 0.29) is 22.3 Å². The topological polar surface area (TPSA) is 112 Å². The number of aromatic nitrogens is 3. The summed E-state index contributed by atoms with van der Waals surface area (Å²) in [6.07, 6.45) is 2.09. The Kier molecular flexibility index (Phi) is 3.86. The van der Waals surface area contributed by atoms with Crippen LogP contribution >= 0.6 is 0 Å². The Balaban J connectivity index is 2.07. The number of hydrogen-bond donors (Lipinski definition) is 2. The van der Waals surface area contributed by atoms with E-state index in [4.69, 9.17) is 10.4 Å². The third-order valence-electron chi connectivity index (χ3n) is 3.41. The largest absolute Gasteiger partial charge is 0.493 e. The molecule has 0 saturated heterocycles. The zero-order chi connectivity index (χ0) is 18.1. The molecule has 7 nitrogen and oxygen atoms in total. The minimum Gasteiger partial charge on any atom is -0.493 e. The van der Waals surface area contributed by atoms with Crippen LogP contribution in [-0.4, -0.2) is 30.9 Å². The molecular formula is C16H8F2N4O3. The van der Waals surface area contributed by atoms with Crippen molar-refractivity contribution in [1.82, 2.24) is 14.8 Å². The van der Waals surface area contributed by atoms with E-state index in [9.17, 15) is 18.7 Å². The number of carboxylic acids is 1. The molecule has 3 rings (SSSR count). The van der Waals surface area contributed by atoms with Gasteiger partial charge in [-0.2, -0.15) is 15.0 Å². The number of carboxylic acid groups (broad SMARTS) is 1. The Labute approximate surface area is 139 Å². The van der Waals surface area contributed by atoms with Crippen LogP contribution in [0.15, 0.2) is 36.7 Å². The number of nitriles is 1. The van der Waals surface area contributed by atoms with Gasteiger partial charge in [0.05, 0.1) is 22.9 Å². The van der Waals surface area contributed by atoms with Crippen LogP contribution in [0.1, 0.15) is 15.9 Å². The monoisotopic (exact) mass is 342 g/mol. The fourth-order valence-corrected chi connectivity index (χ4v) is 2.18. The van der Waals surface area contributed by atoms with Gasteiger partial charge in [-0.15, -0.1) is 0 Å². The van der Waals surface area contributed by atoms with E-state index in [2.05, 4.69) is 10.1 Å². The van der Waals surface area contributed by atoms with Crippen LogP contribution in [0.2, 0.25) is 0 Å². The van der Waals surface area contributed by atoms with Crippen LogP contribution in [0.5, 0.6) is 5.88 Å². The molecule has 2 aromatic heterocycles. The summed E-state index contributed by atoms with van der Waals surface area (Å²) in [7, 11) is 0. The van der Waals surface area contributed by atoms with Crippen LogP contribution in [0.4, 0.5) is 8.78 Å². The molecule has 9 heteroatoms. The Bertz CT molecular complexity index is 1040. The normalized spacial score (nSPS) is 10.4. The van der Waals surface area contributed by atoms with Crippen molar-refractivity contribution in [3.63, 3.8) is 0 Å². The number of nitrogens with zero attached hydrogens (tertiary/aromatic N) is 4. The molecular weight excluding hydrogens is 334 g/mol. The Morgan fingerprint density at radius 1 is 1.20 bits per heavy atom. The SMILES string of the molecule is N#Cc1ccc(-c2cnn(-c3ncc(C(=O)O)cc3F)c2O)cc1F. The molecule has 1 aromatic carbocycles. The molecule has 0 radical (unpaired) electrons. The summed E-state index contributed by atoms with van der Waals surface area (Å²) >= 11 is 0. The predicted molar refractivity (Wildman–Crippen MR) is 80.1 cm³/mol. The van der Waals surface area contributed by atoms with E-state index in [1.165, 1.54) is 18.3 Å². The molecule has 25 heavy (non-hydrogen) atoms. The molecule has 0 amide bonds. The van der Waals surface area contributed by atoms with Crippen molar-refractivity contribution in [2.45, 2.75) is 0 Å². The molecule has 0 aliphatic heterocycles. The second-order valence-electron chi connectivity index (χ2n) is 4.93. The second-order valence-corrected chi connectivity index (χ2v) is 4.93. The second kappa shape index (κ2) is 6.01. The van der Waals surface area contributed by atoms with Gasteiger partial charge < -0.3 is 10.2 Å². The molecule has 2 N–H and O–H groups in total. The maximum atomic E-state index is 14.1. The summed E-state index contributed by atoms with van der Waals surface area (Å²) in [6, 6.07) is 6.10. The van der Waals surface area contributed by atoms with Gasteiger partial charge in [0.15, 0.2) is 11.6 Å². The number of aromatic hydroxyl groups is 1. The van der Waals surface area contributed by atoms with E-state index >= 15 is 0 Å². The molecule has 0 saturated carbocycles. The lowest BCUT2D eigenvalue weighted by atomic mass is 10.1. The first-order valence-corrected chi connectivity index (χ1v) is 6.78. The molecule has 0 aliphatic rings. The molecule has 0 aliphatic carbocycles. The maximum Gasteiger partial charge on any atom is 0.337 e. The average Bonchev–Trinajstić information content (AvgIpc) is 2.96. The third-order valence-corrected chi connectivity index (χ3v) is 3.41. The Morgan fingerprint density at radius 2 is 1.96 bits per heavy atom. The van der Waals surface area contributed by atoms with Gasteiger partial charge in [0.1, 0.15) is 11.9 Å². The van der Waals surface area contributed by atoms with Crippen molar-refractivity contribution in [2.24, 2.45) is 0 Å². The van der Waals surface area contributed by atoms with E-state index in [0.717, 1.165) is 23.0 Å². The van der Waals surface area contributed by atoms with Gasteiger partial charge >= 0.3 is 5.97 Å². The van der Waals surface area contributed by atoms with Gasteiger partial charge in [-0.25, -0.2) is 18.6 Å². The summed E-state index contributed by atoms with van der Waals surface area (Å²) in [6.45, 7) is 0. The molecule has 3 aromatic rings. The van der Waals surface area contributed by atoms with Gasteiger partial charge in [0.25, 0.3) is 0 Å². The van der Waals surface area contributed by atoms with Crippen molar-refractivity contribution in [3.05, 3.63) is 59.4 Å². The molecule has 0 spiro atoms. The first-order valence-electron chi connectivity index (χ1n) is 6.78. The van der Waals surface area contributed by atoms with Gasteiger partial charge in [0, 0.05) is 6.20 Å². The van der Waals surface area contributed by atoms with Crippen molar-refractivity contribution >= 4 is 5.97 Å². The number of aromatic carboxylic acids is 1. The summed E-state index contributed by atoms with van der Waals surface area (Å²) < 4.78 is 28.5. The molecule has 0 bridgehead atoms. The maximum absolute atomic E-state index is 14.1. The summed E-state index contributed by atoms with van der Waals surface area (Å²) in [5, 5.41) is 31.6. The number of rotatable bonds is 3. The van der Waals surface area contributed by atoms with Crippen LogP contribution in [0.3, 0.4) is 0 Å². The van der Waals surface area contributed by atoms with Crippen LogP contribution in [0.25, 0.3) is 16.9 Å². The van der Waals surface area contributed by atoms with Crippen molar-refractivity contribution in [1.29, 1.82) is 5.26 Å². The number of carbonyl (C=O) groups is 1. The number of benzene rings is 1.